The maximum atomic E-state index is 12.3. The number of aryl methyl sites for hydroxylation is 1. The number of nitrogens with one attached hydrogen (secondary N) is 1. The number of anilines is 2. The van der Waals surface area contributed by atoms with Crippen molar-refractivity contribution in [1.29, 1.82) is 0 Å². The van der Waals surface area contributed by atoms with E-state index in [-0.39, 0.29) is 5.56 Å². The highest BCUT2D eigenvalue weighted by Gasteiger charge is 2.21. The zero-order chi connectivity index (χ0) is 18.5. The van der Waals surface area contributed by atoms with Gasteiger partial charge >= 0.3 is 0 Å². The number of methoxy groups -OCH3 is 1. The standard InChI is InChI=1S/C18H24BrN5O2/c1-22-18(25)17(16(19)13-21-22)24-10-8-23(9-11-24)7-6-20-14-4-3-5-15(12-14)26-2/h3-5,12-13,20H,6-11H2,1-2H3. The van der Waals surface area contributed by atoms with Gasteiger partial charge in [0.2, 0.25) is 0 Å². The Balaban J connectivity index is 1.50. The Hall–Kier alpha value is -2.06. The lowest BCUT2D eigenvalue weighted by atomic mass is 10.2. The molecule has 0 amide bonds. The van der Waals surface area contributed by atoms with Crippen LogP contribution in [-0.4, -0.2) is 61.1 Å². The minimum absolute atomic E-state index is 0.0625. The maximum absolute atomic E-state index is 12.3. The summed E-state index contributed by atoms with van der Waals surface area (Å²) >= 11 is 3.46. The number of nitrogens with zero attached hydrogens (tertiary/aromatic N) is 4. The number of aromatic nitrogens is 2. The lowest BCUT2D eigenvalue weighted by Crippen LogP contribution is -2.49. The number of benzene rings is 1. The third-order valence-corrected chi connectivity index (χ3v) is 5.16. The molecule has 0 atom stereocenters. The van der Waals surface area contributed by atoms with Crippen LogP contribution in [0.5, 0.6) is 5.75 Å². The molecule has 1 aromatic carbocycles. The number of rotatable bonds is 6. The molecule has 140 valence electrons. The number of halogens is 1. The van der Waals surface area contributed by atoms with Gasteiger partial charge in [0.05, 0.1) is 17.8 Å². The Labute approximate surface area is 161 Å². The van der Waals surface area contributed by atoms with Crippen LogP contribution in [0.4, 0.5) is 11.4 Å². The predicted octanol–water partition coefficient (Wildman–Crippen LogP) is 1.79. The summed E-state index contributed by atoms with van der Waals surface area (Å²) in [5.41, 5.74) is 1.70. The van der Waals surface area contributed by atoms with Gasteiger partial charge in [-0.1, -0.05) is 6.07 Å². The lowest BCUT2D eigenvalue weighted by Gasteiger charge is -2.36. The summed E-state index contributed by atoms with van der Waals surface area (Å²) in [5.74, 6) is 0.855. The highest BCUT2D eigenvalue weighted by Crippen LogP contribution is 2.22. The molecule has 1 N–H and O–H groups in total. The molecule has 8 heteroatoms. The molecule has 1 aliphatic rings. The van der Waals surface area contributed by atoms with Crippen molar-refractivity contribution in [2.45, 2.75) is 0 Å². The predicted molar refractivity (Wildman–Crippen MR) is 107 cm³/mol. The van der Waals surface area contributed by atoms with Gasteiger partial charge in [-0.2, -0.15) is 5.10 Å². The Bertz CT molecular complexity index is 802. The van der Waals surface area contributed by atoms with E-state index in [1.807, 2.05) is 24.3 Å². The van der Waals surface area contributed by atoms with Gasteiger partial charge in [0, 0.05) is 58.1 Å². The molecule has 1 aromatic heterocycles. The molecule has 0 spiro atoms. The van der Waals surface area contributed by atoms with E-state index < -0.39 is 0 Å². The molecular weight excluding hydrogens is 398 g/mol. The molecule has 26 heavy (non-hydrogen) atoms. The fourth-order valence-electron chi connectivity index (χ4n) is 3.08. The van der Waals surface area contributed by atoms with Gasteiger partial charge in [-0.15, -0.1) is 0 Å². The molecule has 3 rings (SSSR count). The molecule has 2 heterocycles. The van der Waals surface area contributed by atoms with Crippen molar-refractivity contribution in [2.24, 2.45) is 7.05 Å². The Kier molecular flexibility index (Phi) is 6.16. The highest BCUT2D eigenvalue weighted by atomic mass is 79.9. The zero-order valence-corrected chi connectivity index (χ0v) is 16.7. The molecule has 0 bridgehead atoms. The highest BCUT2D eigenvalue weighted by molar-refractivity contribution is 9.10. The SMILES string of the molecule is COc1cccc(NCCN2CCN(c3c(Br)cnn(C)c3=O)CC2)c1. The molecule has 0 radical (unpaired) electrons. The molecule has 2 aromatic rings. The quantitative estimate of drug-likeness (QED) is 0.766. The second-order valence-corrected chi connectivity index (χ2v) is 7.11. The molecule has 0 aliphatic carbocycles. The zero-order valence-electron chi connectivity index (χ0n) is 15.1. The van der Waals surface area contributed by atoms with E-state index in [2.05, 4.69) is 36.1 Å². The van der Waals surface area contributed by atoms with Crippen molar-refractivity contribution >= 4 is 27.3 Å². The van der Waals surface area contributed by atoms with Crippen LogP contribution in [0.2, 0.25) is 0 Å². The molecule has 1 saturated heterocycles. The molecule has 1 fully saturated rings. The molecule has 1 aliphatic heterocycles. The normalized spacial score (nSPS) is 15.1. The summed E-state index contributed by atoms with van der Waals surface area (Å²) in [5, 5.41) is 7.46. The monoisotopic (exact) mass is 421 g/mol. The maximum Gasteiger partial charge on any atom is 0.291 e. The van der Waals surface area contributed by atoms with Crippen LogP contribution in [0.1, 0.15) is 0 Å². The van der Waals surface area contributed by atoms with Gasteiger partial charge in [-0.05, 0) is 28.1 Å². The van der Waals surface area contributed by atoms with Crippen molar-refractivity contribution in [1.82, 2.24) is 14.7 Å². The van der Waals surface area contributed by atoms with Crippen LogP contribution in [0.15, 0.2) is 39.7 Å². The second-order valence-electron chi connectivity index (χ2n) is 6.26. The van der Waals surface area contributed by atoms with E-state index in [1.54, 1.807) is 20.4 Å². The first-order valence-electron chi connectivity index (χ1n) is 8.65. The van der Waals surface area contributed by atoms with E-state index >= 15 is 0 Å². The van der Waals surface area contributed by atoms with Gasteiger partial charge < -0.3 is 15.0 Å². The number of piperazine rings is 1. The second kappa shape index (κ2) is 8.55. The minimum atomic E-state index is -0.0625. The number of hydrogen-bond donors (Lipinski definition) is 1. The van der Waals surface area contributed by atoms with Crippen molar-refractivity contribution < 1.29 is 4.74 Å². The Morgan fingerprint density at radius 1 is 1.27 bits per heavy atom. The van der Waals surface area contributed by atoms with E-state index in [0.717, 1.165) is 55.2 Å². The number of hydrogen-bond acceptors (Lipinski definition) is 6. The number of ether oxygens (including phenoxy) is 1. The van der Waals surface area contributed by atoms with Gasteiger partial charge in [-0.3, -0.25) is 9.69 Å². The van der Waals surface area contributed by atoms with Gasteiger partial charge in [-0.25, -0.2) is 4.68 Å². The summed E-state index contributed by atoms with van der Waals surface area (Å²) in [4.78, 5) is 16.9. The van der Waals surface area contributed by atoms with Gasteiger partial charge in [0.25, 0.3) is 5.56 Å². The Morgan fingerprint density at radius 2 is 2.04 bits per heavy atom. The first-order valence-corrected chi connectivity index (χ1v) is 9.45. The van der Waals surface area contributed by atoms with Crippen LogP contribution in [0.25, 0.3) is 0 Å². The Morgan fingerprint density at radius 3 is 2.77 bits per heavy atom. The average Bonchev–Trinajstić information content (AvgIpc) is 2.66. The third-order valence-electron chi connectivity index (χ3n) is 4.58. The summed E-state index contributed by atoms with van der Waals surface area (Å²) < 4.78 is 7.38. The van der Waals surface area contributed by atoms with E-state index in [1.165, 1.54) is 4.68 Å². The van der Waals surface area contributed by atoms with Crippen LogP contribution in [-0.2, 0) is 7.05 Å². The first kappa shape index (κ1) is 18.7. The third kappa shape index (κ3) is 4.37. The van der Waals surface area contributed by atoms with Crippen molar-refractivity contribution in [3.8, 4) is 5.75 Å². The van der Waals surface area contributed by atoms with Crippen molar-refractivity contribution in [3.63, 3.8) is 0 Å². The molecule has 7 nitrogen and oxygen atoms in total. The lowest BCUT2D eigenvalue weighted by molar-refractivity contribution is 0.267. The van der Waals surface area contributed by atoms with Gasteiger partial charge in [0.1, 0.15) is 11.4 Å². The van der Waals surface area contributed by atoms with Crippen molar-refractivity contribution in [2.75, 3.05) is 56.6 Å². The van der Waals surface area contributed by atoms with Crippen LogP contribution >= 0.6 is 15.9 Å². The first-order chi connectivity index (χ1) is 12.6. The van der Waals surface area contributed by atoms with Gasteiger partial charge in [0.15, 0.2) is 0 Å². The van der Waals surface area contributed by atoms with Crippen LogP contribution < -0.4 is 20.5 Å². The smallest absolute Gasteiger partial charge is 0.291 e. The van der Waals surface area contributed by atoms with E-state index in [4.69, 9.17) is 4.74 Å². The largest absolute Gasteiger partial charge is 0.497 e. The molecular formula is C18H24BrN5O2. The summed E-state index contributed by atoms with van der Waals surface area (Å²) in [6.07, 6.45) is 1.68. The van der Waals surface area contributed by atoms with Crippen LogP contribution in [0.3, 0.4) is 0 Å². The summed E-state index contributed by atoms with van der Waals surface area (Å²) in [6.45, 7) is 5.35. The summed E-state index contributed by atoms with van der Waals surface area (Å²) in [6, 6.07) is 7.95. The fraction of sp³-hybridized carbons (Fsp3) is 0.444. The van der Waals surface area contributed by atoms with E-state index in [0.29, 0.717) is 5.69 Å². The topological polar surface area (TPSA) is 62.6 Å². The molecule has 0 saturated carbocycles. The average molecular weight is 422 g/mol. The van der Waals surface area contributed by atoms with Crippen molar-refractivity contribution in [3.05, 3.63) is 45.3 Å². The summed E-state index contributed by atoms with van der Waals surface area (Å²) in [7, 11) is 3.35. The van der Waals surface area contributed by atoms with Crippen LogP contribution in [0, 0.1) is 0 Å². The van der Waals surface area contributed by atoms with E-state index in [9.17, 15) is 4.79 Å². The minimum Gasteiger partial charge on any atom is -0.497 e. The molecule has 0 unspecified atom stereocenters. The fourth-order valence-corrected chi connectivity index (χ4v) is 3.59.